The zero-order chi connectivity index (χ0) is 18.0. The van der Waals surface area contributed by atoms with Gasteiger partial charge >= 0.3 is 0 Å². The fourth-order valence-electron chi connectivity index (χ4n) is 2.14. The fourth-order valence-corrected chi connectivity index (χ4v) is 2.73. The number of fused-ring (bicyclic) bond motifs is 1. The van der Waals surface area contributed by atoms with Gasteiger partial charge in [-0.25, -0.2) is 4.98 Å². The quantitative estimate of drug-likeness (QED) is 0.528. The number of anilines is 1. The van der Waals surface area contributed by atoms with Gasteiger partial charge in [0.2, 0.25) is 5.78 Å². The standard InChI is InChI=1S/C17H10Cl3N3O2/c18-10-6-12(20)15(7-11(10)19)23-17(25)16(24)5-9-8-21-13-3-1-2-4-14(13)22-9/h1-4,6-8H,5H2,(H,23,25). The largest absolute Gasteiger partial charge is 0.318 e. The minimum Gasteiger partial charge on any atom is -0.318 e. The van der Waals surface area contributed by atoms with Crippen LogP contribution in [0.25, 0.3) is 11.0 Å². The van der Waals surface area contributed by atoms with Crippen molar-refractivity contribution in [3.63, 3.8) is 0 Å². The van der Waals surface area contributed by atoms with Gasteiger partial charge in [0.1, 0.15) is 0 Å². The number of ketones is 1. The Balaban J connectivity index is 1.74. The highest BCUT2D eigenvalue weighted by molar-refractivity contribution is 6.45. The number of nitrogens with one attached hydrogen (secondary N) is 1. The molecule has 1 aromatic heterocycles. The van der Waals surface area contributed by atoms with Gasteiger partial charge in [-0.2, -0.15) is 0 Å². The molecule has 1 N–H and O–H groups in total. The minimum absolute atomic E-state index is 0.178. The van der Waals surface area contributed by atoms with Gasteiger partial charge in [-0.3, -0.25) is 14.6 Å². The summed E-state index contributed by atoms with van der Waals surface area (Å²) >= 11 is 17.7. The van der Waals surface area contributed by atoms with E-state index in [1.807, 2.05) is 18.2 Å². The van der Waals surface area contributed by atoms with Crippen LogP contribution in [0.2, 0.25) is 15.1 Å². The second-order valence-electron chi connectivity index (χ2n) is 5.15. The van der Waals surface area contributed by atoms with Crippen LogP contribution in [-0.2, 0) is 16.0 Å². The third-order valence-corrected chi connectivity index (χ3v) is 4.39. The third kappa shape index (κ3) is 4.07. The van der Waals surface area contributed by atoms with Crippen molar-refractivity contribution in [2.24, 2.45) is 0 Å². The Hall–Kier alpha value is -2.21. The SMILES string of the molecule is O=C(Cc1cnc2ccccc2n1)C(=O)Nc1cc(Cl)c(Cl)cc1Cl. The first-order chi connectivity index (χ1) is 11.9. The number of hydrogen-bond donors (Lipinski definition) is 1. The smallest absolute Gasteiger partial charge is 0.292 e. The van der Waals surface area contributed by atoms with Gasteiger partial charge in [0.25, 0.3) is 5.91 Å². The van der Waals surface area contributed by atoms with Crippen LogP contribution >= 0.6 is 34.8 Å². The van der Waals surface area contributed by atoms with E-state index in [4.69, 9.17) is 34.8 Å². The van der Waals surface area contributed by atoms with E-state index < -0.39 is 11.7 Å². The first-order valence-electron chi connectivity index (χ1n) is 7.13. The number of para-hydroxylation sites is 2. The molecule has 0 aliphatic rings. The summed E-state index contributed by atoms with van der Waals surface area (Å²) in [7, 11) is 0. The van der Waals surface area contributed by atoms with E-state index in [0.29, 0.717) is 16.7 Å². The Morgan fingerprint density at radius 2 is 1.64 bits per heavy atom. The maximum Gasteiger partial charge on any atom is 0.292 e. The molecule has 5 nitrogen and oxygen atoms in total. The van der Waals surface area contributed by atoms with Crippen LogP contribution in [0.15, 0.2) is 42.6 Å². The Morgan fingerprint density at radius 3 is 2.40 bits per heavy atom. The number of carbonyl (C=O) groups is 2. The van der Waals surface area contributed by atoms with E-state index in [0.717, 1.165) is 0 Å². The fraction of sp³-hybridized carbons (Fsp3) is 0.0588. The number of carbonyl (C=O) groups excluding carboxylic acids is 2. The predicted octanol–water partition coefficient (Wildman–Crippen LogP) is 4.34. The van der Waals surface area contributed by atoms with Crippen LogP contribution < -0.4 is 5.32 Å². The zero-order valence-electron chi connectivity index (χ0n) is 12.6. The van der Waals surface area contributed by atoms with E-state index in [-0.39, 0.29) is 27.2 Å². The first-order valence-corrected chi connectivity index (χ1v) is 8.27. The summed E-state index contributed by atoms with van der Waals surface area (Å²) < 4.78 is 0. The number of Topliss-reactive ketones (excluding diaryl/α,β-unsaturated/α-hetero) is 1. The van der Waals surface area contributed by atoms with Crippen LogP contribution in [0.3, 0.4) is 0 Å². The second kappa shape index (κ2) is 7.35. The van der Waals surface area contributed by atoms with E-state index in [1.165, 1.54) is 18.3 Å². The molecule has 0 saturated heterocycles. The number of rotatable bonds is 4. The van der Waals surface area contributed by atoms with Crippen molar-refractivity contribution in [3.8, 4) is 0 Å². The number of amides is 1. The summed E-state index contributed by atoms with van der Waals surface area (Å²) in [5, 5.41) is 3.07. The third-order valence-electron chi connectivity index (χ3n) is 3.35. The Bertz CT molecular complexity index is 992. The summed E-state index contributed by atoms with van der Waals surface area (Å²) in [5.74, 6) is -1.50. The lowest BCUT2D eigenvalue weighted by Crippen LogP contribution is -2.25. The maximum absolute atomic E-state index is 12.1. The lowest BCUT2D eigenvalue weighted by molar-refractivity contribution is -0.134. The lowest BCUT2D eigenvalue weighted by Gasteiger charge is -2.08. The molecule has 3 rings (SSSR count). The molecular weight excluding hydrogens is 385 g/mol. The summed E-state index contributed by atoms with van der Waals surface area (Å²) in [5.41, 5.74) is 1.98. The van der Waals surface area contributed by atoms with Crippen LogP contribution in [-0.4, -0.2) is 21.7 Å². The van der Waals surface area contributed by atoms with Gasteiger partial charge in [-0.1, -0.05) is 46.9 Å². The highest BCUT2D eigenvalue weighted by Gasteiger charge is 2.18. The summed E-state index contributed by atoms with van der Waals surface area (Å²) in [6.45, 7) is 0. The highest BCUT2D eigenvalue weighted by Crippen LogP contribution is 2.32. The summed E-state index contributed by atoms with van der Waals surface area (Å²) in [6, 6.07) is 10.0. The predicted molar refractivity (Wildman–Crippen MR) is 98.4 cm³/mol. The molecule has 0 bridgehead atoms. The molecule has 0 aliphatic carbocycles. The van der Waals surface area contributed by atoms with Crippen molar-refractivity contribution in [2.45, 2.75) is 6.42 Å². The highest BCUT2D eigenvalue weighted by atomic mass is 35.5. The topological polar surface area (TPSA) is 72.0 Å². The van der Waals surface area contributed by atoms with Crippen molar-refractivity contribution in [1.29, 1.82) is 0 Å². The molecule has 0 saturated carbocycles. The number of hydrogen-bond acceptors (Lipinski definition) is 4. The number of nitrogens with zero attached hydrogens (tertiary/aromatic N) is 2. The molecule has 0 spiro atoms. The van der Waals surface area contributed by atoms with E-state index in [1.54, 1.807) is 6.07 Å². The number of halogens is 3. The summed E-state index contributed by atoms with van der Waals surface area (Å²) in [4.78, 5) is 32.8. The molecule has 1 amide bonds. The summed E-state index contributed by atoms with van der Waals surface area (Å²) in [6.07, 6.45) is 1.29. The normalized spacial score (nSPS) is 10.7. The van der Waals surface area contributed by atoms with Crippen LogP contribution in [0.1, 0.15) is 5.69 Å². The molecular formula is C17H10Cl3N3O2. The van der Waals surface area contributed by atoms with Gasteiger partial charge < -0.3 is 5.32 Å². The van der Waals surface area contributed by atoms with E-state index in [9.17, 15) is 9.59 Å². The van der Waals surface area contributed by atoms with Gasteiger partial charge in [-0.15, -0.1) is 0 Å². The molecule has 25 heavy (non-hydrogen) atoms. The number of benzene rings is 2. The zero-order valence-corrected chi connectivity index (χ0v) is 14.9. The second-order valence-corrected chi connectivity index (χ2v) is 6.37. The van der Waals surface area contributed by atoms with Crippen molar-refractivity contribution in [1.82, 2.24) is 9.97 Å². The first kappa shape index (κ1) is 17.6. The molecule has 0 unspecified atom stereocenters. The molecule has 2 aromatic carbocycles. The molecule has 126 valence electrons. The monoisotopic (exact) mass is 393 g/mol. The average molecular weight is 395 g/mol. The Morgan fingerprint density at radius 1 is 0.960 bits per heavy atom. The van der Waals surface area contributed by atoms with Crippen molar-refractivity contribution < 1.29 is 9.59 Å². The lowest BCUT2D eigenvalue weighted by atomic mass is 10.2. The Kier molecular flexibility index (Phi) is 5.18. The van der Waals surface area contributed by atoms with Crippen LogP contribution in [0.5, 0.6) is 0 Å². The van der Waals surface area contributed by atoms with E-state index in [2.05, 4.69) is 15.3 Å². The van der Waals surface area contributed by atoms with Gasteiger partial charge in [0, 0.05) is 6.20 Å². The van der Waals surface area contributed by atoms with Crippen molar-refractivity contribution >= 4 is 63.2 Å². The molecule has 3 aromatic rings. The van der Waals surface area contributed by atoms with Gasteiger partial charge in [0.15, 0.2) is 0 Å². The minimum atomic E-state index is -0.824. The van der Waals surface area contributed by atoms with Crippen LogP contribution in [0, 0.1) is 0 Å². The van der Waals surface area contributed by atoms with E-state index >= 15 is 0 Å². The van der Waals surface area contributed by atoms with Crippen molar-refractivity contribution in [3.05, 3.63) is 63.4 Å². The Labute approximate surface area is 157 Å². The molecule has 1 heterocycles. The van der Waals surface area contributed by atoms with Crippen molar-refractivity contribution in [2.75, 3.05) is 5.32 Å². The molecule has 0 atom stereocenters. The number of aromatic nitrogens is 2. The van der Waals surface area contributed by atoms with Crippen LogP contribution in [0.4, 0.5) is 5.69 Å². The molecule has 0 fully saturated rings. The molecule has 0 radical (unpaired) electrons. The average Bonchev–Trinajstić information content (AvgIpc) is 2.59. The molecule has 8 heteroatoms. The van der Waals surface area contributed by atoms with Gasteiger partial charge in [0.05, 0.1) is 43.9 Å². The maximum atomic E-state index is 12.1. The van der Waals surface area contributed by atoms with Gasteiger partial charge in [-0.05, 0) is 24.3 Å². The molecule has 0 aliphatic heterocycles.